The van der Waals surface area contributed by atoms with Crippen molar-refractivity contribution in [1.29, 1.82) is 0 Å². The first-order valence-corrected chi connectivity index (χ1v) is 19.8. The maximum absolute atomic E-state index is 14.5. The van der Waals surface area contributed by atoms with Gasteiger partial charge in [-0.1, -0.05) is 91.0 Å². The van der Waals surface area contributed by atoms with Gasteiger partial charge in [0.2, 0.25) is 5.91 Å². The van der Waals surface area contributed by atoms with Gasteiger partial charge in [-0.3, -0.25) is 9.59 Å². The fraction of sp³-hybridized carbons (Fsp3) is 0.614. The molecular weight excluding hydrogens is 650 g/mol. The first kappa shape index (κ1) is 44.7. The maximum Gasteiger partial charge on any atom is 0.228 e. The quantitative estimate of drug-likeness (QED) is 0.177. The molecule has 3 atom stereocenters. The van der Waals surface area contributed by atoms with Crippen LogP contribution in [0.1, 0.15) is 138 Å². The number of allylic oxidation sites excluding steroid dienone is 1. The molecule has 2 aliphatic carbocycles. The van der Waals surface area contributed by atoms with Crippen LogP contribution in [0.3, 0.4) is 0 Å². The van der Waals surface area contributed by atoms with E-state index in [4.69, 9.17) is 14.3 Å². The molecule has 2 aromatic rings. The number of carbonyl (C=O) groups excluding carboxylic acids is 3. The second-order valence-corrected chi connectivity index (χ2v) is 14.1. The van der Waals surface area contributed by atoms with E-state index in [-0.39, 0.29) is 29.6 Å². The van der Waals surface area contributed by atoms with E-state index in [2.05, 4.69) is 80.2 Å². The Labute approximate surface area is 315 Å². The number of rotatable bonds is 15. The van der Waals surface area contributed by atoms with Crippen LogP contribution in [0.4, 0.5) is 5.69 Å². The number of ether oxygens (including phenoxy) is 2. The van der Waals surface area contributed by atoms with Crippen molar-refractivity contribution in [2.45, 2.75) is 117 Å². The van der Waals surface area contributed by atoms with Gasteiger partial charge in [-0.25, -0.2) is 0 Å². The van der Waals surface area contributed by atoms with E-state index < -0.39 is 5.41 Å². The van der Waals surface area contributed by atoms with Crippen molar-refractivity contribution in [2.24, 2.45) is 23.0 Å². The molecule has 1 heterocycles. The molecule has 0 aromatic heterocycles. The third kappa shape index (κ3) is 10.6. The Morgan fingerprint density at radius 3 is 2.21 bits per heavy atom. The summed E-state index contributed by atoms with van der Waals surface area (Å²) in [6.07, 6.45) is 13.7. The van der Waals surface area contributed by atoms with E-state index in [1.807, 2.05) is 26.7 Å². The summed E-state index contributed by atoms with van der Waals surface area (Å²) in [5, 5.41) is 3.42. The summed E-state index contributed by atoms with van der Waals surface area (Å²) in [6, 6.07) is 12.7. The van der Waals surface area contributed by atoms with Crippen LogP contribution >= 0.6 is 0 Å². The lowest BCUT2D eigenvalue weighted by molar-refractivity contribution is -0.127. The Kier molecular flexibility index (Phi) is 19.4. The number of nitrogens with two attached hydrogens (primary N) is 1. The molecule has 8 nitrogen and oxygen atoms in total. The van der Waals surface area contributed by atoms with Gasteiger partial charge >= 0.3 is 0 Å². The van der Waals surface area contributed by atoms with Crippen LogP contribution in [0.25, 0.3) is 11.6 Å². The summed E-state index contributed by atoms with van der Waals surface area (Å²) < 4.78 is 11.3. The number of nitrogens with zero attached hydrogens (tertiary/aromatic N) is 1. The summed E-state index contributed by atoms with van der Waals surface area (Å²) in [5.41, 5.74) is 10.6. The van der Waals surface area contributed by atoms with Crippen LogP contribution in [-0.4, -0.2) is 66.0 Å². The number of carbonyl (C=O) groups is 3. The average molecular weight is 720 g/mol. The first-order chi connectivity index (χ1) is 25.3. The predicted octanol–water partition coefficient (Wildman–Crippen LogP) is 9.10. The molecule has 5 rings (SSSR count). The van der Waals surface area contributed by atoms with E-state index in [9.17, 15) is 9.59 Å². The van der Waals surface area contributed by atoms with E-state index in [0.717, 1.165) is 93.2 Å². The number of Topliss-reactive ketones (excluding diaryl/α,β-unsaturated/α-hetero) is 1. The molecule has 0 saturated heterocycles. The number of nitrogens with one attached hydrogen (secondary N) is 1. The Balaban J connectivity index is 0.00000148. The van der Waals surface area contributed by atoms with Crippen LogP contribution < -0.4 is 20.7 Å². The van der Waals surface area contributed by atoms with Crippen LogP contribution in [0.2, 0.25) is 0 Å². The van der Waals surface area contributed by atoms with Gasteiger partial charge in [0.1, 0.15) is 12.5 Å². The molecule has 1 aliphatic heterocycles. The van der Waals surface area contributed by atoms with E-state index in [0.29, 0.717) is 19.1 Å². The lowest BCUT2D eigenvalue weighted by atomic mass is 9.78. The molecule has 0 radical (unpaired) electrons. The summed E-state index contributed by atoms with van der Waals surface area (Å²) in [4.78, 5) is 38.3. The number of fused-ring (bicyclic) bond motifs is 4. The number of hydrogen-bond donors (Lipinski definition) is 2. The van der Waals surface area contributed by atoms with E-state index in [1.165, 1.54) is 23.7 Å². The van der Waals surface area contributed by atoms with Crippen molar-refractivity contribution < 1.29 is 23.9 Å². The second kappa shape index (κ2) is 22.5. The molecule has 2 aromatic carbocycles. The van der Waals surface area contributed by atoms with Crippen LogP contribution in [0.15, 0.2) is 36.4 Å². The highest BCUT2D eigenvalue weighted by atomic mass is 16.5. The molecule has 0 bridgehead atoms. The van der Waals surface area contributed by atoms with E-state index >= 15 is 0 Å². The second-order valence-electron chi connectivity index (χ2n) is 14.1. The Hall–Kier alpha value is -3.49. The highest BCUT2D eigenvalue weighted by Crippen LogP contribution is 2.62. The van der Waals surface area contributed by atoms with Crippen LogP contribution in [-0.2, 0) is 14.3 Å². The Morgan fingerprint density at radius 1 is 0.981 bits per heavy atom. The number of ketones is 1. The summed E-state index contributed by atoms with van der Waals surface area (Å²) in [7, 11) is 7.03. The number of benzene rings is 2. The predicted molar refractivity (Wildman–Crippen MR) is 217 cm³/mol. The van der Waals surface area contributed by atoms with Gasteiger partial charge in [0.15, 0.2) is 5.78 Å². The van der Waals surface area contributed by atoms with Crippen molar-refractivity contribution in [3.63, 3.8) is 0 Å². The largest absolute Gasteiger partial charge is 0.497 e. The zero-order valence-corrected chi connectivity index (χ0v) is 33.8. The van der Waals surface area contributed by atoms with Crippen molar-refractivity contribution in [3.8, 4) is 5.75 Å². The number of unbranched alkanes of at least 4 members (excludes halogenated alkanes) is 1. The zero-order valence-electron chi connectivity index (χ0n) is 33.8. The van der Waals surface area contributed by atoms with Crippen molar-refractivity contribution in [2.75, 3.05) is 46.4 Å². The molecule has 2 saturated carbocycles. The molecule has 0 spiro atoms. The number of methoxy groups -OCH3 is 2. The van der Waals surface area contributed by atoms with Crippen molar-refractivity contribution >= 4 is 35.8 Å². The Morgan fingerprint density at radius 2 is 1.65 bits per heavy atom. The molecule has 3 unspecified atom stereocenters. The lowest BCUT2D eigenvalue weighted by Crippen LogP contribution is -2.46. The minimum Gasteiger partial charge on any atom is -0.497 e. The van der Waals surface area contributed by atoms with Gasteiger partial charge in [0.05, 0.1) is 25.2 Å². The van der Waals surface area contributed by atoms with Gasteiger partial charge < -0.3 is 30.2 Å². The Bertz CT molecular complexity index is 1430. The fourth-order valence-electron chi connectivity index (χ4n) is 7.90. The molecule has 1 amide bonds. The lowest BCUT2D eigenvalue weighted by Gasteiger charge is -2.33. The first-order valence-electron chi connectivity index (χ1n) is 19.8. The smallest absolute Gasteiger partial charge is 0.228 e. The van der Waals surface area contributed by atoms with E-state index in [1.54, 1.807) is 14.2 Å². The zero-order chi connectivity index (χ0) is 38.8. The SMILES string of the molecule is C=O.CC.CCCCC(COC)NC(=O)C12CC1c1cc(OC)ccc1/C=C(\C(CCC)CCC)c1ccc(C(=O)C3CCC3)cc1N(C)C2.CN. The molecule has 290 valence electrons. The highest BCUT2D eigenvalue weighted by molar-refractivity contribution is 6.01. The molecule has 2 fully saturated rings. The third-order valence-corrected chi connectivity index (χ3v) is 10.8. The average Bonchev–Trinajstić information content (AvgIpc) is 3.89. The molecule has 3 N–H and O–H groups in total. The number of hydrogen-bond acceptors (Lipinski definition) is 7. The van der Waals surface area contributed by atoms with Gasteiger partial charge in [-0.05, 0) is 86.4 Å². The van der Waals surface area contributed by atoms with Crippen molar-refractivity contribution in [1.82, 2.24) is 5.32 Å². The molecule has 3 aliphatic rings. The summed E-state index contributed by atoms with van der Waals surface area (Å²) in [5.74, 6) is 1.77. The minimum atomic E-state index is -0.600. The minimum absolute atomic E-state index is 0.0205. The number of amides is 1. The maximum atomic E-state index is 14.5. The van der Waals surface area contributed by atoms with Crippen LogP contribution in [0.5, 0.6) is 5.75 Å². The standard InChI is InChI=1S/C40H56N2O4.C2H6.CH5N.CH2O/c1-7-10-16-31(25-45-5)41-39(44)40-24-36(40)35-23-32(46-6)19-17-29(35)21-34(27(12-8-2)13-9-3)33-20-18-30(22-37(33)42(4)26-40)38(43)28-14-11-15-28;3*1-2/h17-23,27-28,31,36H,7-16,24-26H2,1-6H3,(H,41,44);1-2H3;2H2,1H3;1H2/b34-21+;;;. The number of anilines is 1. The van der Waals surface area contributed by atoms with Gasteiger partial charge in [-0.15, -0.1) is 0 Å². The fourth-order valence-corrected chi connectivity index (χ4v) is 7.90. The van der Waals surface area contributed by atoms with Gasteiger partial charge in [-0.2, -0.15) is 0 Å². The summed E-state index contributed by atoms with van der Waals surface area (Å²) in [6.45, 7) is 13.8. The van der Waals surface area contributed by atoms with Gasteiger partial charge in [0, 0.05) is 49.4 Å². The topological polar surface area (TPSA) is 111 Å². The molecular formula is C44H69N3O5. The molecule has 52 heavy (non-hydrogen) atoms. The third-order valence-electron chi connectivity index (χ3n) is 10.8. The van der Waals surface area contributed by atoms with Gasteiger partial charge in [0.25, 0.3) is 0 Å². The van der Waals surface area contributed by atoms with Crippen LogP contribution in [0, 0.1) is 17.3 Å². The summed E-state index contributed by atoms with van der Waals surface area (Å²) >= 11 is 0. The molecule has 8 heteroatoms. The monoisotopic (exact) mass is 720 g/mol. The normalized spacial score (nSPS) is 20.2. The highest BCUT2D eigenvalue weighted by Gasteiger charge is 2.62. The van der Waals surface area contributed by atoms with Crippen molar-refractivity contribution in [3.05, 3.63) is 58.7 Å².